The van der Waals surface area contributed by atoms with E-state index in [2.05, 4.69) is 46.3 Å². The number of anilines is 1. The Kier molecular flexibility index (Phi) is 8.04. The van der Waals surface area contributed by atoms with Gasteiger partial charge in [0.2, 0.25) is 0 Å². The maximum Gasteiger partial charge on any atom is 0.416 e. The van der Waals surface area contributed by atoms with Crippen LogP contribution in [-0.4, -0.2) is 55.8 Å². The predicted molar refractivity (Wildman–Crippen MR) is 122 cm³/mol. The van der Waals surface area contributed by atoms with Crippen molar-refractivity contribution in [3.8, 4) is 0 Å². The molecule has 1 aliphatic heterocycles. The molecule has 0 radical (unpaired) electrons. The van der Waals surface area contributed by atoms with E-state index in [-0.39, 0.29) is 10.1 Å². The average molecular weight is 515 g/mol. The molecule has 0 aliphatic carbocycles. The van der Waals surface area contributed by atoms with Crippen LogP contribution in [0.25, 0.3) is 6.08 Å². The summed E-state index contributed by atoms with van der Waals surface area (Å²) in [6, 6.07) is 3.43. The van der Waals surface area contributed by atoms with Crippen molar-refractivity contribution in [2.45, 2.75) is 56.7 Å². The molecule has 7 nitrogen and oxygen atoms in total. The zero-order valence-corrected chi connectivity index (χ0v) is 19.8. The maximum absolute atomic E-state index is 13.1. The number of halogens is 1. The molecule has 29 heavy (non-hydrogen) atoms. The molecule has 2 heterocycles. The molecule has 0 spiro atoms. The van der Waals surface area contributed by atoms with Gasteiger partial charge in [-0.05, 0) is 56.9 Å². The van der Waals surface area contributed by atoms with Crippen molar-refractivity contribution in [1.29, 1.82) is 0 Å². The Morgan fingerprint density at radius 3 is 2.62 bits per heavy atom. The molecule has 1 aliphatic rings. The largest absolute Gasteiger partial charge is 0.478 e. The number of alkyl halides is 1. The Hall–Kier alpha value is -1.68. The molecule has 1 fully saturated rings. The van der Waals surface area contributed by atoms with Crippen molar-refractivity contribution in [3.63, 3.8) is 0 Å². The first-order chi connectivity index (χ1) is 13.5. The van der Waals surface area contributed by atoms with Crippen molar-refractivity contribution in [1.82, 2.24) is 9.88 Å². The molecule has 1 aromatic rings. The minimum Gasteiger partial charge on any atom is -0.478 e. The Morgan fingerprint density at radius 1 is 1.41 bits per heavy atom. The smallest absolute Gasteiger partial charge is 0.416 e. The summed E-state index contributed by atoms with van der Waals surface area (Å²) in [6.45, 7) is 11.8. The monoisotopic (exact) mass is 515 g/mol. The van der Waals surface area contributed by atoms with Crippen LogP contribution in [0.15, 0.2) is 24.4 Å². The van der Waals surface area contributed by atoms with E-state index in [0.717, 1.165) is 25.6 Å². The molecule has 1 amide bonds. The fraction of sp³-hybridized carbons (Fsp3) is 0.571. The fourth-order valence-corrected chi connectivity index (χ4v) is 4.42. The highest BCUT2D eigenvalue weighted by atomic mass is 127. The van der Waals surface area contributed by atoms with Crippen LogP contribution < -0.4 is 4.90 Å². The second kappa shape index (κ2) is 9.88. The highest BCUT2D eigenvalue weighted by Gasteiger charge is 2.41. The van der Waals surface area contributed by atoms with Gasteiger partial charge in [-0.3, -0.25) is 9.80 Å². The summed E-state index contributed by atoms with van der Waals surface area (Å²) in [4.78, 5) is 32.2. The highest BCUT2D eigenvalue weighted by molar-refractivity contribution is 14.1. The maximum atomic E-state index is 13.1. The number of aliphatic carboxylic acids is 1. The molecule has 8 heteroatoms. The van der Waals surface area contributed by atoms with Crippen molar-refractivity contribution in [2.75, 3.05) is 18.0 Å². The van der Waals surface area contributed by atoms with Crippen molar-refractivity contribution >= 4 is 46.5 Å². The number of hydrogen-bond donors (Lipinski definition) is 1. The van der Waals surface area contributed by atoms with E-state index in [4.69, 9.17) is 9.84 Å². The quantitative estimate of drug-likeness (QED) is 0.262. The standard InChI is InChI=1S/C21H30IN3O4/c1-14(2)13-24-11-10-16(19(24)22)25(20(28)29-21(3,4)5)17-8-6-15(12-23-17)7-9-18(26)27/h6-9,12,14,16,19H,10-11,13H2,1-5H3,(H,26,27)/t16-,19?/m1/s1. The number of likely N-dealkylation sites (tertiary alicyclic amines) is 1. The first-order valence-electron chi connectivity index (χ1n) is 9.75. The Balaban J connectivity index is 2.31. The van der Waals surface area contributed by atoms with Gasteiger partial charge in [-0.1, -0.05) is 36.4 Å². The molecular formula is C21H30IN3O4. The number of hydrogen-bond acceptors (Lipinski definition) is 5. The summed E-state index contributed by atoms with van der Waals surface area (Å²) in [5, 5.41) is 8.78. The number of carbonyl (C=O) groups is 2. The van der Waals surface area contributed by atoms with Crippen LogP contribution in [0.3, 0.4) is 0 Å². The van der Waals surface area contributed by atoms with Gasteiger partial charge < -0.3 is 9.84 Å². The third-order valence-corrected chi connectivity index (χ3v) is 5.95. The second-order valence-corrected chi connectivity index (χ2v) is 9.87. The lowest BCUT2D eigenvalue weighted by molar-refractivity contribution is -0.131. The van der Waals surface area contributed by atoms with Gasteiger partial charge in [-0.15, -0.1) is 0 Å². The van der Waals surface area contributed by atoms with E-state index in [1.807, 2.05) is 20.8 Å². The lowest BCUT2D eigenvalue weighted by atomic mass is 10.2. The topological polar surface area (TPSA) is 83.0 Å². The van der Waals surface area contributed by atoms with E-state index in [1.165, 1.54) is 6.08 Å². The summed E-state index contributed by atoms with van der Waals surface area (Å²) in [7, 11) is 0. The number of carboxylic acids is 1. The molecule has 0 saturated carbocycles. The Labute approximate surface area is 186 Å². The number of nitrogens with zero attached hydrogens (tertiary/aromatic N) is 3. The van der Waals surface area contributed by atoms with Crippen LogP contribution in [0.1, 0.15) is 46.6 Å². The normalized spacial score (nSPS) is 20.4. The zero-order valence-electron chi connectivity index (χ0n) is 17.6. The van der Waals surface area contributed by atoms with Gasteiger partial charge in [0.05, 0.1) is 10.1 Å². The SMILES string of the molecule is CC(C)CN1CC[C@@H](N(C(=O)OC(C)(C)C)c2ccc(C=CC(=O)O)cn2)C1I. The molecule has 1 unspecified atom stereocenters. The van der Waals surface area contributed by atoms with Gasteiger partial charge in [0.15, 0.2) is 0 Å². The number of carbonyl (C=O) groups excluding carboxylic acids is 1. The molecule has 1 saturated heterocycles. The summed E-state index contributed by atoms with van der Waals surface area (Å²) in [5.74, 6) is 0.0256. The Bertz CT molecular complexity index is 743. The number of carboxylic acid groups (broad SMARTS) is 1. The van der Waals surface area contributed by atoms with Gasteiger partial charge in [0, 0.05) is 25.4 Å². The van der Waals surface area contributed by atoms with E-state index in [0.29, 0.717) is 17.3 Å². The minimum absolute atomic E-state index is 0.0582. The molecule has 2 atom stereocenters. The first-order valence-corrected chi connectivity index (χ1v) is 11.0. The summed E-state index contributed by atoms with van der Waals surface area (Å²) in [5.41, 5.74) is 0.0374. The summed E-state index contributed by atoms with van der Waals surface area (Å²) >= 11 is 2.40. The summed E-state index contributed by atoms with van der Waals surface area (Å²) in [6.07, 6.45) is 4.51. The van der Waals surface area contributed by atoms with Crippen LogP contribution in [-0.2, 0) is 9.53 Å². The molecule has 160 valence electrons. The zero-order chi connectivity index (χ0) is 21.8. The van der Waals surface area contributed by atoms with Gasteiger partial charge in [0.1, 0.15) is 11.4 Å². The van der Waals surface area contributed by atoms with E-state index in [1.54, 1.807) is 23.2 Å². The number of aromatic nitrogens is 1. The van der Waals surface area contributed by atoms with Crippen molar-refractivity contribution in [3.05, 3.63) is 30.0 Å². The molecule has 2 rings (SSSR count). The van der Waals surface area contributed by atoms with Gasteiger partial charge in [0.25, 0.3) is 0 Å². The van der Waals surface area contributed by atoms with E-state index < -0.39 is 17.7 Å². The van der Waals surface area contributed by atoms with Gasteiger partial charge >= 0.3 is 12.1 Å². The number of rotatable bonds is 6. The van der Waals surface area contributed by atoms with E-state index in [9.17, 15) is 9.59 Å². The molecule has 1 aromatic heterocycles. The third-order valence-electron chi connectivity index (χ3n) is 4.34. The molecule has 0 aromatic carbocycles. The number of amides is 1. The van der Waals surface area contributed by atoms with Crippen LogP contribution in [0.2, 0.25) is 0 Å². The van der Waals surface area contributed by atoms with Crippen molar-refractivity contribution < 1.29 is 19.4 Å². The van der Waals surface area contributed by atoms with Crippen LogP contribution in [0, 0.1) is 5.92 Å². The molecule has 0 bridgehead atoms. The molecule has 1 N–H and O–H groups in total. The van der Waals surface area contributed by atoms with E-state index >= 15 is 0 Å². The number of ether oxygens (including phenoxy) is 1. The van der Waals surface area contributed by atoms with Gasteiger partial charge in [-0.25, -0.2) is 14.6 Å². The van der Waals surface area contributed by atoms with Crippen LogP contribution in [0.4, 0.5) is 10.6 Å². The van der Waals surface area contributed by atoms with Gasteiger partial charge in [-0.2, -0.15) is 0 Å². The third kappa shape index (κ3) is 6.95. The summed E-state index contributed by atoms with van der Waals surface area (Å²) < 4.78 is 5.82. The number of pyridine rings is 1. The lowest BCUT2D eigenvalue weighted by Crippen LogP contribution is -2.48. The lowest BCUT2D eigenvalue weighted by Gasteiger charge is -2.33. The average Bonchev–Trinajstić information content (AvgIpc) is 2.93. The van der Waals surface area contributed by atoms with Crippen molar-refractivity contribution in [2.24, 2.45) is 5.92 Å². The Morgan fingerprint density at radius 2 is 2.10 bits per heavy atom. The first kappa shape index (κ1) is 23.6. The minimum atomic E-state index is -1.02. The van der Waals surface area contributed by atoms with Crippen LogP contribution >= 0.6 is 22.6 Å². The second-order valence-electron chi connectivity index (χ2n) is 8.59. The molecular weight excluding hydrogens is 485 g/mol. The van der Waals surface area contributed by atoms with Crippen LogP contribution in [0.5, 0.6) is 0 Å². The highest BCUT2D eigenvalue weighted by Crippen LogP contribution is 2.32. The fourth-order valence-electron chi connectivity index (χ4n) is 3.23. The predicted octanol–water partition coefficient (Wildman–Crippen LogP) is 4.41.